The minimum absolute atomic E-state index is 0. The lowest BCUT2D eigenvalue weighted by Crippen LogP contribution is -2.38. The van der Waals surface area contributed by atoms with Crippen LogP contribution in [0.1, 0.15) is 75.4 Å². The normalized spacial score (nSPS) is 17.9. The zero-order chi connectivity index (χ0) is 35.7. The van der Waals surface area contributed by atoms with Gasteiger partial charge in [0.25, 0.3) is 0 Å². The van der Waals surface area contributed by atoms with E-state index in [2.05, 4.69) is 82.7 Å². The van der Waals surface area contributed by atoms with Crippen molar-refractivity contribution >= 4 is 35.9 Å². The van der Waals surface area contributed by atoms with E-state index in [4.69, 9.17) is 14.6 Å². The Morgan fingerprint density at radius 3 is 2.48 bits per heavy atom. The molecule has 14 nitrogen and oxygen atoms in total. The lowest BCUT2D eigenvalue weighted by molar-refractivity contribution is 0.0292. The number of aryl methyl sites for hydroxylation is 1. The quantitative estimate of drug-likeness (QED) is 0.186. The smallest absolute Gasteiger partial charge is 0.320 e. The molecule has 278 valence electrons. The number of pyridine rings is 1. The number of fused-ring (bicyclic) bond motifs is 2. The number of benzene rings is 1. The Labute approximate surface area is 310 Å². The summed E-state index contributed by atoms with van der Waals surface area (Å²) in [7, 11) is 5.98. The third-order valence-corrected chi connectivity index (χ3v) is 9.65. The Morgan fingerprint density at radius 2 is 1.77 bits per heavy atom. The third kappa shape index (κ3) is 8.19. The predicted octanol–water partition coefficient (Wildman–Crippen LogP) is 5.69. The second-order valence-corrected chi connectivity index (χ2v) is 14.9. The molecule has 1 fully saturated rings. The number of amides is 2. The van der Waals surface area contributed by atoms with E-state index in [0.717, 1.165) is 91.8 Å². The summed E-state index contributed by atoms with van der Waals surface area (Å²) in [5.74, 6) is 2.14. The molecule has 0 bridgehead atoms. The number of anilines is 2. The number of nitrogens with zero attached hydrogens (tertiary/aromatic N) is 9. The Balaban J connectivity index is 0.00000464. The summed E-state index contributed by atoms with van der Waals surface area (Å²) in [4.78, 5) is 17.9. The van der Waals surface area contributed by atoms with Crippen LogP contribution in [0.3, 0.4) is 0 Å². The van der Waals surface area contributed by atoms with E-state index in [9.17, 15) is 4.79 Å². The monoisotopic (exact) mass is 731 g/mol. The van der Waals surface area contributed by atoms with Gasteiger partial charge in [0, 0.05) is 38.2 Å². The van der Waals surface area contributed by atoms with E-state index in [1.807, 2.05) is 54.2 Å². The Kier molecular flexibility index (Phi) is 11.1. The predicted molar refractivity (Wildman–Crippen MR) is 203 cm³/mol. The molecule has 7 rings (SSSR count). The van der Waals surface area contributed by atoms with Crippen molar-refractivity contribution in [3.8, 4) is 11.4 Å². The van der Waals surface area contributed by atoms with Crippen LogP contribution in [0.5, 0.6) is 5.75 Å². The van der Waals surface area contributed by atoms with Gasteiger partial charge in [-0.05, 0) is 63.0 Å². The summed E-state index contributed by atoms with van der Waals surface area (Å²) in [6, 6.07) is 13.5. The van der Waals surface area contributed by atoms with Crippen LogP contribution in [0.2, 0.25) is 0 Å². The second-order valence-electron chi connectivity index (χ2n) is 14.9. The third-order valence-electron chi connectivity index (χ3n) is 9.65. The Bertz CT molecular complexity index is 1970. The molecule has 2 N–H and O–H groups in total. The van der Waals surface area contributed by atoms with Gasteiger partial charge in [0.05, 0.1) is 43.0 Å². The summed E-state index contributed by atoms with van der Waals surface area (Å²) in [6.07, 6.45) is 9.05. The topological polar surface area (TPSA) is 132 Å². The molecule has 52 heavy (non-hydrogen) atoms. The lowest BCUT2D eigenvalue weighted by Gasteiger charge is -2.33. The van der Waals surface area contributed by atoms with E-state index in [0.29, 0.717) is 5.82 Å². The van der Waals surface area contributed by atoms with Crippen molar-refractivity contribution in [1.82, 2.24) is 44.4 Å². The minimum Gasteiger partial charge on any atom is -0.484 e. The molecular weight excluding hydrogens is 682 g/mol. The standard InChI is InChI=1S/C37H49N11O3.ClH/c1-37(2,3)32-21-34(48(43-32)25-22-38-45(6)23-25)40-35(49)39-30-12-13-31(29-10-8-7-9-28(29)30)51-27-11-14-33-41-42-36(47(33)24-27)46-17-15-26(16-18-46)50-20-19-44(4)5;/h7-11,14,21-24,26,30-31H,12-13,15-20H2,1-6H3,(H2,39,40,49);1H/t30-,31+;/m0./s1. The molecular formula is C37H50ClN11O3. The van der Waals surface area contributed by atoms with Crippen molar-refractivity contribution in [3.63, 3.8) is 0 Å². The summed E-state index contributed by atoms with van der Waals surface area (Å²) in [5.41, 5.74) is 4.32. The first-order chi connectivity index (χ1) is 24.5. The SMILES string of the molecule is CN(C)CCOC1CCN(c2nnc3ccc(O[C@@H]4CC[C@H](NC(=O)Nc5cc(C(C)(C)C)nn5-c5cnn(C)c5)c5ccccc54)cn23)CC1.Cl. The fourth-order valence-corrected chi connectivity index (χ4v) is 6.82. The maximum absolute atomic E-state index is 13.5. The minimum atomic E-state index is -0.297. The molecule has 2 amide bonds. The first-order valence-electron chi connectivity index (χ1n) is 17.8. The Morgan fingerprint density at radius 1 is 1.00 bits per heavy atom. The van der Waals surface area contributed by atoms with Crippen LogP contribution in [0.25, 0.3) is 11.3 Å². The highest BCUT2D eigenvalue weighted by Crippen LogP contribution is 2.39. The van der Waals surface area contributed by atoms with Crippen LogP contribution in [-0.4, -0.2) is 91.5 Å². The van der Waals surface area contributed by atoms with Gasteiger partial charge in [-0.2, -0.15) is 10.2 Å². The molecule has 1 aliphatic heterocycles. The number of urea groups is 1. The molecule has 2 aliphatic rings. The lowest BCUT2D eigenvalue weighted by atomic mass is 9.85. The largest absolute Gasteiger partial charge is 0.484 e. The van der Waals surface area contributed by atoms with Crippen molar-refractivity contribution in [3.05, 3.63) is 77.9 Å². The number of carbonyl (C=O) groups is 1. The number of carbonyl (C=O) groups excluding carboxylic acids is 1. The second kappa shape index (κ2) is 15.5. The van der Waals surface area contributed by atoms with Gasteiger partial charge in [0.1, 0.15) is 23.4 Å². The van der Waals surface area contributed by atoms with Gasteiger partial charge in [-0.1, -0.05) is 45.0 Å². The average Bonchev–Trinajstić information content (AvgIpc) is 3.84. The Hall–Kier alpha value is -4.66. The molecule has 0 radical (unpaired) electrons. The molecule has 15 heteroatoms. The van der Waals surface area contributed by atoms with Gasteiger partial charge in [-0.15, -0.1) is 22.6 Å². The molecule has 2 atom stereocenters. The summed E-state index contributed by atoms with van der Waals surface area (Å²) in [6.45, 7) is 9.69. The van der Waals surface area contributed by atoms with E-state index in [1.54, 1.807) is 15.6 Å². The summed E-state index contributed by atoms with van der Waals surface area (Å²) < 4.78 is 18.2. The zero-order valence-corrected chi connectivity index (χ0v) is 31.6. The van der Waals surface area contributed by atoms with E-state index in [-0.39, 0.29) is 42.1 Å². The van der Waals surface area contributed by atoms with Crippen molar-refractivity contribution in [2.45, 2.75) is 70.1 Å². The molecule has 0 spiro atoms. The number of rotatable bonds is 10. The van der Waals surface area contributed by atoms with Gasteiger partial charge in [-0.3, -0.25) is 14.4 Å². The van der Waals surface area contributed by atoms with Crippen LogP contribution >= 0.6 is 12.4 Å². The zero-order valence-electron chi connectivity index (χ0n) is 30.8. The molecule has 0 saturated carbocycles. The molecule has 0 unspecified atom stereocenters. The van der Waals surface area contributed by atoms with Gasteiger partial charge in [0.2, 0.25) is 5.95 Å². The number of ether oxygens (including phenoxy) is 2. The number of hydrogen-bond acceptors (Lipinski definition) is 9. The summed E-state index contributed by atoms with van der Waals surface area (Å²) in [5, 5.41) is 24.3. The van der Waals surface area contributed by atoms with Crippen molar-refractivity contribution < 1.29 is 14.3 Å². The molecule has 4 aromatic heterocycles. The summed E-state index contributed by atoms with van der Waals surface area (Å²) >= 11 is 0. The highest BCUT2D eigenvalue weighted by Gasteiger charge is 2.31. The van der Waals surface area contributed by atoms with Gasteiger partial charge < -0.3 is 24.6 Å². The van der Waals surface area contributed by atoms with Crippen molar-refractivity contribution in [2.75, 3.05) is 50.6 Å². The van der Waals surface area contributed by atoms with Crippen LogP contribution in [0, 0.1) is 0 Å². The van der Waals surface area contributed by atoms with Crippen LogP contribution < -0.4 is 20.3 Å². The van der Waals surface area contributed by atoms with Crippen LogP contribution in [0.4, 0.5) is 16.6 Å². The highest BCUT2D eigenvalue weighted by molar-refractivity contribution is 5.89. The number of piperidine rings is 1. The number of nitrogens with one attached hydrogen (secondary N) is 2. The number of hydrogen-bond donors (Lipinski definition) is 2. The molecule has 1 aliphatic carbocycles. The van der Waals surface area contributed by atoms with Crippen LogP contribution in [0.15, 0.2) is 61.1 Å². The van der Waals surface area contributed by atoms with E-state index in [1.165, 1.54) is 0 Å². The van der Waals surface area contributed by atoms with Gasteiger partial charge in [0.15, 0.2) is 5.65 Å². The van der Waals surface area contributed by atoms with Crippen molar-refractivity contribution in [2.24, 2.45) is 7.05 Å². The molecule has 1 saturated heterocycles. The van der Waals surface area contributed by atoms with Gasteiger partial charge in [-0.25, -0.2) is 9.48 Å². The molecule has 1 aromatic carbocycles. The highest BCUT2D eigenvalue weighted by atomic mass is 35.5. The van der Waals surface area contributed by atoms with Gasteiger partial charge >= 0.3 is 6.03 Å². The number of likely N-dealkylation sites (N-methyl/N-ethyl adjacent to an activating group) is 1. The van der Waals surface area contributed by atoms with E-state index >= 15 is 0 Å². The van der Waals surface area contributed by atoms with Crippen LogP contribution in [-0.2, 0) is 17.2 Å². The average molecular weight is 732 g/mol. The molecule has 5 aromatic rings. The fourth-order valence-electron chi connectivity index (χ4n) is 6.82. The maximum Gasteiger partial charge on any atom is 0.320 e. The maximum atomic E-state index is 13.5. The first kappa shape index (κ1) is 37.1. The van der Waals surface area contributed by atoms with Crippen molar-refractivity contribution in [1.29, 1.82) is 0 Å². The van der Waals surface area contributed by atoms with E-state index < -0.39 is 0 Å². The first-order valence-corrected chi connectivity index (χ1v) is 17.8. The number of halogens is 1. The number of aromatic nitrogens is 7. The molecule has 5 heterocycles. The fraction of sp³-hybridized carbons (Fsp3) is 0.486.